The van der Waals surface area contributed by atoms with Gasteiger partial charge in [0, 0.05) is 22.9 Å². The summed E-state index contributed by atoms with van der Waals surface area (Å²) in [5.74, 6) is -5.63. The molecule has 0 bridgehead atoms. The fourth-order valence-electron chi connectivity index (χ4n) is 2.21. The number of alkyl halides is 5. The maximum Gasteiger partial charge on any atom is 0.303 e. The Morgan fingerprint density at radius 3 is 1.79 bits per heavy atom. The molecule has 1 atom stereocenters. The Labute approximate surface area is 165 Å². The minimum atomic E-state index is -3.39. The number of ether oxygens (including phenoxy) is 2. The van der Waals surface area contributed by atoms with Crippen molar-refractivity contribution in [2.75, 3.05) is 25.7 Å². The Hall–Kier alpha value is -1.99. The highest BCUT2D eigenvalue weighted by atomic mass is 35.5. The first-order valence-electron chi connectivity index (χ1n) is 8.57. The van der Waals surface area contributed by atoms with Gasteiger partial charge in [0.15, 0.2) is 6.61 Å². The summed E-state index contributed by atoms with van der Waals surface area (Å²) in [6.45, 7) is -0.0967. The summed E-state index contributed by atoms with van der Waals surface area (Å²) >= 11 is 5.70. The van der Waals surface area contributed by atoms with Gasteiger partial charge in [-0.1, -0.05) is 6.92 Å². The molecule has 0 aliphatic heterocycles. The van der Waals surface area contributed by atoms with Crippen LogP contribution >= 0.6 is 11.6 Å². The minimum absolute atomic E-state index is 0.00448. The lowest BCUT2D eigenvalue weighted by Crippen LogP contribution is -2.29. The molecule has 2 rings (SSSR count). The van der Waals surface area contributed by atoms with Crippen molar-refractivity contribution in [3.05, 3.63) is 59.7 Å². The lowest BCUT2D eigenvalue weighted by atomic mass is 10.0. The van der Waals surface area contributed by atoms with Gasteiger partial charge in [-0.25, -0.2) is 8.78 Å². The van der Waals surface area contributed by atoms with Crippen molar-refractivity contribution in [2.45, 2.75) is 18.8 Å². The SMILES string of the molecule is CC(CCl)COc1ccc(C(F)(F)c2ccc(OCC(F)(F)CO)cc2)cc1. The summed E-state index contributed by atoms with van der Waals surface area (Å²) in [6.07, 6.45) is 0. The number of rotatable bonds is 10. The quantitative estimate of drug-likeness (QED) is 0.430. The van der Waals surface area contributed by atoms with E-state index in [9.17, 15) is 17.6 Å². The van der Waals surface area contributed by atoms with E-state index in [1.54, 1.807) is 0 Å². The number of benzene rings is 2. The van der Waals surface area contributed by atoms with E-state index in [4.69, 9.17) is 26.2 Å². The van der Waals surface area contributed by atoms with E-state index in [0.717, 1.165) is 12.1 Å². The fourth-order valence-corrected chi connectivity index (χ4v) is 2.29. The van der Waals surface area contributed by atoms with Crippen LogP contribution in [0.3, 0.4) is 0 Å². The Morgan fingerprint density at radius 1 is 0.893 bits per heavy atom. The molecule has 2 aromatic rings. The van der Waals surface area contributed by atoms with Crippen molar-refractivity contribution in [3.8, 4) is 11.5 Å². The Morgan fingerprint density at radius 2 is 1.36 bits per heavy atom. The highest BCUT2D eigenvalue weighted by Gasteiger charge is 2.34. The third-order valence-electron chi connectivity index (χ3n) is 3.91. The van der Waals surface area contributed by atoms with Crippen LogP contribution in [-0.2, 0) is 5.92 Å². The molecule has 0 spiro atoms. The van der Waals surface area contributed by atoms with Gasteiger partial charge < -0.3 is 14.6 Å². The average Bonchev–Trinajstić information content (AvgIpc) is 2.71. The van der Waals surface area contributed by atoms with Gasteiger partial charge in [0.1, 0.15) is 18.1 Å². The van der Waals surface area contributed by atoms with Gasteiger partial charge in [-0.2, -0.15) is 8.78 Å². The molecule has 0 aromatic heterocycles. The molecule has 8 heteroatoms. The largest absolute Gasteiger partial charge is 0.493 e. The summed E-state index contributed by atoms with van der Waals surface area (Å²) in [7, 11) is 0. The van der Waals surface area contributed by atoms with Crippen LogP contribution in [0.2, 0.25) is 0 Å². The number of halogens is 5. The predicted molar refractivity (Wildman–Crippen MR) is 98.8 cm³/mol. The first-order chi connectivity index (χ1) is 13.2. The van der Waals surface area contributed by atoms with E-state index in [-0.39, 0.29) is 22.8 Å². The van der Waals surface area contributed by atoms with Gasteiger partial charge in [-0.15, -0.1) is 11.6 Å². The molecule has 0 aliphatic carbocycles. The summed E-state index contributed by atoms with van der Waals surface area (Å²) in [5, 5.41) is 8.50. The standard InChI is InChI=1S/C20H21ClF4O3/c1-14(10-21)11-27-17-6-2-15(3-7-17)20(24,25)16-4-8-18(9-5-16)28-13-19(22,23)12-26/h2-9,14,26H,10-13H2,1H3. The summed E-state index contributed by atoms with van der Waals surface area (Å²) in [4.78, 5) is 0. The van der Waals surface area contributed by atoms with Crippen molar-refractivity contribution in [1.29, 1.82) is 0 Å². The second-order valence-electron chi connectivity index (χ2n) is 6.50. The first kappa shape index (κ1) is 22.3. The van der Waals surface area contributed by atoms with Crippen LogP contribution < -0.4 is 9.47 Å². The molecule has 1 N–H and O–H groups in total. The normalized spacial score (nSPS) is 13.2. The molecule has 0 amide bonds. The van der Waals surface area contributed by atoms with E-state index in [1.165, 1.54) is 36.4 Å². The number of hydrogen-bond donors (Lipinski definition) is 1. The third kappa shape index (κ3) is 6.01. The Kier molecular flexibility index (Phi) is 7.55. The molecule has 2 aromatic carbocycles. The van der Waals surface area contributed by atoms with Crippen LogP contribution in [0.25, 0.3) is 0 Å². The van der Waals surface area contributed by atoms with E-state index < -0.39 is 25.1 Å². The van der Waals surface area contributed by atoms with Gasteiger partial charge in [0.2, 0.25) is 0 Å². The van der Waals surface area contributed by atoms with Gasteiger partial charge in [-0.3, -0.25) is 0 Å². The van der Waals surface area contributed by atoms with Gasteiger partial charge in [0.25, 0.3) is 5.92 Å². The van der Waals surface area contributed by atoms with Crippen LogP contribution in [-0.4, -0.2) is 36.7 Å². The molecule has 28 heavy (non-hydrogen) atoms. The molecular formula is C20H21ClF4O3. The summed E-state index contributed by atoms with van der Waals surface area (Å²) in [5.41, 5.74) is -0.538. The van der Waals surface area contributed by atoms with Crippen molar-refractivity contribution in [3.63, 3.8) is 0 Å². The fraction of sp³-hybridized carbons (Fsp3) is 0.400. The Balaban J connectivity index is 2.05. The summed E-state index contributed by atoms with van der Waals surface area (Å²) < 4.78 is 65.6. The lowest BCUT2D eigenvalue weighted by molar-refractivity contribution is -0.0801. The van der Waals surface area contributed by atoms with E-state index >= 15 is 0 Å². The minimum Gasteiger partial charge on any atom is -0.493 e. The van der Waals surface area contributed by atoms with Crippen molar-refractivity contribution < 1.29 is 32.1 Å². The zero-order valence-electron chi connectivity index (χ0n) is 15.2. The maximum absolute atomic E-state index is 14.7. The lowest BCUT2D eigenvalue weighted by Gasteiger charge is -2.19. The molecule has 154 valence electrons. The van der Waals surface area contributed by atoms with Crippen LogP contribution in [0.4, 0.5) is 17.6 Å². The second-order valence-corrected chi connectivity index (χ2v) is 6.80. The zero-order chi connectivity index (χ0) is 20.8. The van der Waals surface area contributed by atoms with Crippen LogP contribution in [0.1, 0.15) is 18.1 Å². The second kappa shape index (κ2) is 9.47. The monoisotopic (exact) mass is 420 g/mol. The van der Waals surface area contributed by atoms with Crippen LogP contribution in [0, 0.1) is 5.92 Å². The summed E-state index contributed by atoms with van der Waals surface area (Å²) in [6, 6.07) is 10.0. The molecule has 3 nitrogen and oxygen atoms in total. The topological polar surface area (TPSA) is 38.7 Å². The number of hydrogen-bond acceptors (Lipinski definition) is 3. The molecule has 0 saturated heterocycles. The highest BCUT2D eigenvalue weighted by molar-refractivity contribution is 6.18. The van der Waals surface area contributed by atoms with Crippen molar-refractivity contribution >= 4 is 11.6 Å². The maximum atomic E-state index is 14.7. The van der Waals surface area contributed by atoms with Crippen molar-refractivity contribution in [2.24, 2.45) is 5.92 Å². The van der Waals surface area contributed by atoms with Crippen molar-refractivity contribution in [1.82, 2.24) is 0 Å². The van der Waals surface area contributed by atoms with Gasteiger partial charge in [-0.05, 0) is 48.5 Å². The third-order valence-corrected chi connectivity index (χ3v) is 4.44. The molecule has 0 radical (unpaired) electrons. The van der Waals surface area contributed by atoms with Crippen LogP contribution in [0.5, 0.6) is 11.5 Å². The Bertz CT molecular complexity index is 736. The molecule has 0 fully saturated rings. The molecule has 0 aliphatic rings. The van der Waals surface area contributed by atoms with E-state index in [0.29, 0.717) is 18.2 Å². The molecule has 0 saturated carbocycles. The molecule has 1 unspecified atom stereocenters. The van der Waals surface area contributed by atoms with E-state index in [1.807, 2.05) is 6.92 Å². The number of aliphatic hydroxyl groups excluding tert-OH is 1. The van der Waals surface area contributed by atoms with Crippen LogP contribution in [0.15, 0.2) is 48.5 Å². The van der Waals surface area contributed by atoms with E-state index in [2.05, 4.69) is 0 Å². The van der Waals surface area contributed by atoms with Gasteiger partial charge >= 0.3 is 5.92 Å². The molecule has 0 heterocycles. The number of aliphatic hydroxyl groups is 1. The average molecular weight is 421 g/mol. The first-order valence-corrected chi connectivity index (χ1v) is 9.10. The molecular weight excluding hydrogens is 400 g/mol. The highest BCUT2D eigenvalue weighted by Crippen LogP contribution is 2.37. The smallest absolute Gasteiger partial charge is 0.303 e. The predicted octanol–water partition coefficient (Wildman–Crippen LogP) is 5.09. The van der Waals surface area contributed by atoms with Gasteiger partial charge in [0.05, 0.1) is 6.61 Å². The zero-order valence-corrected chi connectivity index (χ0v) is 15.9.